The zero-order valence-electron chi connectivity index (χ0n) is 16.1. The lowest BCUT2D eigenvalue weighted by Crippen LogP contribution is -2.27. The molecular weight excluding hydrogens is 356 g/mol. The summed E-state index contributed by atoms with van der Waals surface area (Å²) >= 11 is 1.63. The van der Waals surface area contributed by atoms with Crippen molar-refractivity contribution in [3.63, 3.8) is 0 Å². The molecule has 1 atom stereocenters. The van der Waals surface area contributed by atoms with Gasteiger partial charge in [0.25, 0.3) is 0 Å². The molecule has 1 unspecified atom stereocenters. The van der Waals surface area contributed by atoms with Crippen LogP contribution in [0.15, 0.2) is 48.5 Å². The monoisotopic (exact) mass is 382 g/mol. The van der Waals surface area contributed by atoms with Gasteiger partial charge in [-0.2, -0.15) is 0 Å². The fourth-order valence-corrected chi connectivity index (χ4v) is 4.33. The van der Waals surface area contributed by atoms with E-state index in [1.165, 1.54) is 5.56 Å². The molecule has 1 aliphatic heterocycles. The van der Waals surface area contributed by atoms with Crippen molar-refractivity contribution >= 4 is 35.0 Å². The summed E-state index contributed by atoms with van der Waals surface area (Å²) in [6, 6.07) is 16.1. The lowest BCUT2D eigenvalue weighted by molar-refractivity contribution is -0.116. The van der Waals surface area contributed by atoms with E-state index in [1.807, 2.05) is 48.2 Å². The van der Waals surface area contributed by atoms with Gasteiger partial charge in [0.2, 0.25) is 11.8 Å². The van der Waals surface area contributed by atoms with E-state index in [0.29, 0.717) is 18.1 Å². The summed E-state index contributed by atoms with van der Waals surface area (Å²) in [6.07, 6.45) is 1.35. The molecule has 1 N–H and O–H groups in total. The third-order valence-electron chi connectivity index (χ3n) is 4.66. The number of nitrogens with one attached hydrogen (secondary N) is 1. The van der Waals surface area contributed by atoms with Gasteiger partial charge in [0.1, 0.15) is 5.37 Å². The third kappa shape index (κ3) is 4.53. The first-order valence-electron chi connectivity index (χ1n) is 9.43. The molecule has 1 fully saturated rings. The van der Waals surface area contributed by atoms with Crippen molar-refractivity contribution in [1.82, 2.24) is 0 Å². The summed E-state index contributed by atoms with van der Waals surface area (Å²) in [6.45, 7) is 6.31. The van der Waals surface area contributed by atoms with E-state index in [4.69, 9.17) is 0 Å². The molecule has 142 valence electrons. The highest BCUT2D eigenvalue weighted by Gasteiger charge is 2.34. The van der Waals surface area contributed by atoms with Crippen molar-refractivity contribution in [1.29, 1.82) is 0 Å². The number of thioether (sulfide) groups is 1. The van der Waals surface area contributed by atoms with Gasteiger partial charge in [0, 0.05) is 17.8 Å². The first kappa shape index (κ1) is 19.5. The zero-order valence-corrected chi connectivity index (χ0v) is 16.9. The van der Waals surface area contributed by atoms with Gasteiger partial charge in [-0.15, -0.1) is 11.8 Å². The summed E-state index contributed by atoms with van der Waals surface area (Å²) in [5.74, 6) is 1.10. The van der Waals surface area contributed by atoms with E-state index in [0.717, 1.165) is 23.4 Å². The number of carbonyl (C=O) groups is 2. The standard InChI is InChI=1S/C22H26N2O2S/c1-4-5-20(25)23-18-10-6-17(7-11-18)22-24(21(26)14-27-22)19-12-8-16(9-13-19)15(2)3/h6-13,15,22H,4-5,14H2,1-3H3,(H,23,25). The summed E-state index contributed by atoms with van der Waals surface area (Å²) in [5.41, 5.74) is 4.05. The van der Waals surface area contributed by atoms with Crippen LogP contribution >= 0.6 is 11.8 Å². The van der Waals surface area contributed by atoms with Crippen LogP contribution < -0.4 is 10.2 Å². The minimum Gasteiger partial charge on any atom is -0.326 e. The Morgan fingerprint density at radius 3 is 2.41 bits per heavy atom. The van der Waals surface area contributed by atoms with Gasteiger partial charge in [0.05, 0.1) is 5.75 Å². The highest BCUT2D eigenvalue weighted by molar-refractivity contribution is 8.00. The Morgan fingerprint density at radius 2 is 1.81 bits per heavy atom. The molecular formula is C22H26N2O2S. The maximum atomic E-state index is 12.5. The Balaban J connectivity index is 1.78. The molecule has 5 heteroatoms. The quantitative estimate of drug-likeness (QED) is 0.735. The number of benzene rings is 2. The number of hydrogen-bond donors (Lipinski definition) is 1. The summed E-state index contributed by atoms with van der Waals surface area (Å²) in [4.78, 5) is 26.1. The van der Waals surface area contributed by atoms with Crippen molar-refractivity contribution in [3.8, 4) is 0 Å². The molecule has 3 rings (SSSR count). The minimum atomic E-state index is -0.0391. The van der Waals surface area contributed by atoms with Crippen molar-refractivity contribution in [3.05, 3.63) is 59.7 Å². The Bertz CT molecular complexity index is 800. The second-order valence-corrected chi connectivity index (χ2v) is 8.16. The summed E-state index contributed by atoms with van der Waals surface area (Å²) in [7, 11) is 0. The molecule has 0 bridgehead atoms. The van der Waals surface area contributed by atoms with Crippen LogP contribution in [0.5, 0.6) is 0 Å². The molecule has 0 spiro atoms. The predicted octanol–water partition coefficient (Wildman–Crippen LogP) is 5.33. The Kier molecular flexibility index (Phi) is 6.22. The second kappa shape index (κ2) is 8.61. The number of hydrogen-bond acceptors (Lipinski definition) is 3. The highest BCUT2D eigenvalue weighted by Crippen LogP contribution is 2.42. The van der Waals surface area contributed by atoms with Crippen LogP contribution in [0.3, 0.4) is 0 Å². The van der Waals surface area contributed by atoms with Crippen LogP contribution in [0.4, 0.5) is 11.4 Å². The van der Waals surface area contributed by atoms with E-state index in [1.54, 1.807) is 11.8 Å². The van der Waals surface area contributed by atoms with Crippen LogP contribution in [0.2, 0.25) is 0 Å². The minimum absolute atomic E-state index is 0.0301. The maximum absolute atomic E-state index is 12.5. The molecule has 1 heterocycles. The molecule has 27 heavy (non-hydrogen) atoms. The first-order valence-corrected chi connectivity index (χ1v) is 10.5. The van der Waals surface area contributed by atoms with Gasteiger partial charge in [-0.1, -0.05) is 45.0 Å². The maximum Gasteiger partial charge on any atom is 0.238 e. The van der Waals surface area contributed by atoms with Crippen LogP contribution in [0.1, 0.15) is 56.0 Å². The average molecular weight is 383 g/mol. The number of rotatable bonds is 6. The van der Waals surface area contributed by atoms with E-state index < -0.39 is 0 Å². The molecule has 0 aromatic heterocycles. The summed E-state index contributed by atoms with van der Waals surface area (Å²) in [5, 5.41) is 2.86. The molecule has 1 aliphatic rings. The molecule has 1 saturated heterocycles. The third-order valence-corrected chi connectivity index (χ3v) is 5.87. The topological polar surface area (TPSA) is 49.4 Å². The largest absolute Gasteiger partial charge is 0.326 e. The second-order valence-electron chi connectivity index (χ2n) is 7.09. The summed E-state index contributed by atoms with van der Waals surface area (Å²) < 4.78 is 0. The molecule has 2 amide bonds. The number of anilines is 2. The van der Waals surface area contributed by atoms with Gasteiger partial charge >= 0.3 is 0 Å². The van der Waals surface area contributed by atoms with E-state index in [-0.39, 0.29) is 17.2 Å². The molecule has 0 saturated carbocycles. The van der Waals surface area contributed by atoms with E-state index >= 15 is 0 Å². The fraction of sp³-hybridized carbons (Fsp3) is 0.364. The van der Waals surface area contributed by atoms with Crippen LogP contribution in [-0.2, 0) is 9.59 Å². The van der Waals surface area contributed by atoms with Gasteiger partial charge in [-0.3, -0.25) is 14.5 Å². The fourth-order valence-electron chi connectivity index (χ4n) is 3.15. The average Bonchev–Trinajstić information content (AvgIpc) is 3.04. The van der Waals surface area contributed by atoms with E-state index in [9.17, 15) is 9.59 Å². The Morgan fingerprint density at radius 1 is 1.15 bits per heavy atom. The number of nitrogens with zero attached hydrogens (tertiary/aromatic N) is 1. The van der Waals surface area contributed by atoms with Crippen molar-refractivity contribution in [2.24, 2.45) is 0 Å². The van der Waals surface area contributed by atoms with Crippen LogP contribution in [0.25, 0.3) is 0 Å². The van der Waals surface area contributed by atoms with Crippen molar-refractivity contribution < 1.29 is 9.59 Å². The van der Waals surface area contributed by atoms with Gasteiger partial charge in [0.15, 0.2) is 0 Å². The Hall–Kier alpha value is -2.27. The highest BCUT2D eigenvalue weighted by atomic mass is 32.2. The molecule has 4 nitrogen and oxygen atoms in total. The molecule has 0 aliphatic carbocycles. The molecule has 2 aromatic carbocycles. The van der Waals surface area contributed by atoms with Crippen molar-refractivity contribution in [2.75, 3.05) is 16.0 Å². The predicted molar refractivity (Wildman–Crippen MR) is 113 cm³/mol. The number of carbonyl (C=O) groups excluding carboxylic acids is 2. The number of amides is 2. The zero-order chi connectivity index (χ0) is 19.4. The smallest absolute Gasteiger partial charge is 0.238 e. The lowest BCUT2D eigenvalue weighted by Gasteiger charge is -2.25. The SMILES string of the molecule is CCCC(=O)Nc1ccc(C2SCC(=O)N2c2ccc(C(C)C)cc2)cc1. The first-order chi connectivity index (χ1) is 13.0. The van der Waals surface area contributed by atoms with Gasteiger partial charge < -0.3 is 5.32 Å². The van der Waals surface area contributed by atoms with Crippen molar-refractivity contribution in [2.45, 2.75) is 44.9 Å². The van der Waals surface area contributed by atoms with Gasteiger partial charge in [-0.25, -0.2) is 0 Å². The molecule has 2 aromatic rings. The van der Waals surface area contributed by atoms with Crippen LogP contribution in [0, 0.1) is 0 Å². The normalized spacial score (nSPS) is 16.8. The van der Waals surface area contributed by atoms with Crippen LogP contribution in [-0.4, -0.2) is 17.6 Å². The van der Waals surface area contributed by atoms with E-state index in [2.05, 4.69) is 31.3 Å². The Labute approximate surface area is 165 Å². The van der Waals surface area contributed by atoms with Gasteiger partial charge in [-0.05, 0) is 47.7 Å². The molecule has 0 radical (unpaired) electrons. The lowest BCUT2D eigenvalue weighted by atomic mass is 10.0.